The summed E-state index contributed by atoms with van der Waals surface area (Å²) < 4.78 is 0. The second-order valence-corrected chi connectivity index (χ2v) is 7.27. The maximum atomic E-state index is 12.4. The standard InChI is InChI=1S/C20H20Cl2N2O2/c21-16-7-4-8-17(18(16)22)23-19(25)20(26)24-11-9-15(10-12-24)13-14-5-2-1-3-6-14/h1-8,15H,9-13H2,(H,23,25). The number of carbonyl (C=O) groups is 2. The third kappa shape index (κ3) is 4.57. The Bertz CT molecular complexity index is 788. The fraction of sp³-hybridized carbons (Fsp3) is 0.300. The van der Waals surface area contributed by atoms with Crippen molar-refractivity contribution >= 4 is 40.7 Å². The molecule has 1 heterocycles. The van der Waals surface area contributed by atoms with Crippen LogP contribution >= 0.6 is 23.2 Å². The second-order valence-electron chi connectivity index (χ2n) is 6.48. The number of halogens is 2. The number of hydrogen-bond donors (Lipinski definition) is 1. The van der Waals surface area contributed by atoms with E-state index in [0.717, 1.165) is 19.3 Å². The van der Waals surface area contributed by atoms with Gasteiger partial charge in [0.15, 0.2) is 0 Å². The molecule has 0 spiro atoms. The molecular weight excluding hydrogens is 371 g/mol. The summed E-state index contributed by atoms with van der Waals surface area (Å²) >= 11 is 12.0. The van der Waals surface area contributed by atoms with Crippen molar-refractivity contribution in [2.24, 2.45) is 5.92 Å². The zero-order valence-corrected chi connectivity index (χ0v) is 15.8. The van der Waals surface area contributed by atoms with E-state index in [0.29, 0.717) is 29.7 Å². The Morgan fingerprint density at radius 2 is 1.69 bits per heavy atom. The van der Waals surface area contributed by atoms with Gasteiger partial charge in [-0.3, -0.25) is 9.59 Å². The molecule has 1 N–H and O–H groups in total. The summed E-state index contributed by atoms with van der Waals surface area (Å²) in [6, 6.07) is 15.3. The van der Waals surface area contributed by atoms with Crippen molar-refractivity contribution < 1.29 is 9.59 Å². The van der Waals surface area contributed by atoms with Gasteiger partial charge in [0, 0.05) is 13.1 Å². The van der Waals surface area contributed by atoms with Crippen molar-refractivity contribution in [1.82, 2.24) is 4.90 Å². The van der Waals surface area contributed by atoms with Gasteiger partial charge < -0.3 is 10.2 Å². The molecule has 0 atom stereocenters. The van der Waals surface area contributed by atoms with Crippen molar-refractivity contribution in [3.05, 3.63) is 64.1 Å². The Kier molecular flexibility index (Phi) is 6.17. The average molecular weight is 391 g/mol. The molecule has 0 aliphatic carbocycles. The lowest BCUT2D eigenvalue weighted by Crippen LogP contribution is -2.44. The maximum absolute atomic E-state index is 12.4. The number of likely N-dealkylation sites (tertiary alicyclic amines) is 1. The molecule has 26 heavy (non-hydrogen) atoms. The van der Waals surface area contributed by atoms with Crippen molar-refractivity contribution in [3.63, 3.8) is 0 Å². The maximum Gasteiger partial charge on any atom is 0.313 e. The fourth-order valence-electron chi connectivity index (χ4n) is 3.21. The molecule has 3 rings (SSSR count). The molecule has 1 saturated heterocycles. The molecule has 6 heteroatoms. The summed E-state index contributed by atoms with van der Waals surface area (Å²) in [4.78, 5) is 26.3. The van der Waals surface area contributed by atoms with Gasteiger partial charge in [0.25, 0.3) is 0 Å². The highest BCUT2D eigenvalue weighted by Crippen LogP contribution is 2.29. The van der Waals surface area contributed by atoms with E-state index in [4.69, 9.17) is 23.2 Å². The van der Waals surface area contributed by atoms with Gasteiger partial charge in [-0.2, -0.15) is 0 Å². The molecule has 1 aliphatic rings. The van der Waals surface area contributed by atoms with Crippen LogP contribution in [0.15, 0.2) is 48.5 Å². The van der Waals surface area contributed by atoms with E-state index in [2.05, 4.69) is 17.4 Å². The van der Waals surface area contributed by atoms with Crippen molar-refractivity contribution in [1.29, 1.82) is 0 Å². The van der Waals surface area contributed by atoms with Crippen LogP contribution in [0.1, 0.15) is 18.4 Å². The smallest absolute Gasteiger partial charge is 0.313 e. The van der Waals surface area contributed by atoms with Crippen LogP contribution in [-0.4, -0.2) is 29.8 Å². The van der Waals surface area contributed by atoms with Crippen LogP contribution in [0.2, 0.25) is 10.0 Å². The molecule has 2 amide bonds. The van der Waals surface area contributed by atoms with Gasteiger partial charge in [0.2, 0.25) is 0 Å². The molecule has 0 radical (unpaired) electrons. The van der Waals surface area contributed by atoms with E-state index in [1.807, 2.05) is 18.2 Å². The minimum atomic E-state index is -0.685. The van der Waals surface area contributed by atoms with Crippen molar-refractivity contribution in [2.75, 3.05) is 18.4 Å². The van der Waals surface area contributed by atoms with E-state index in [9.17, 15) is 9.59 Å². The lowest BCUT2D eigenvalue weighted by Gasteiger charge is -2.31. The predicted molar refractivity (Wildman–Crippen MR) is 105 cm³/mol. The zero-order valence-electron chi connectivity index (χ0n) is 14.3. The number of nitrogens with one attached hydrogen (secondary N) is 1. The number of carbonyl (C=O) groups excluding carboxylic acids is 2. The molecule has 1 aliphatic heterocycles. The summed E-state index contributed by atoms with van der Waals surface area (Å²) in [6.45, 7) is 1.18. The van der Waals surface area contributed by atoms with Gasteiger partial charge in [-0.1, -0.05) is 59.6 Å². The van der Waals surface area contributed by atoms with E-state index < -0.39 is 11.8 Å². The van der Waals surface area contributed by atoms with Gasteiger partial charge >= 0.3 is 11.8 Å². The summed E-state index contributed by atoms with van der Waals surface area (Å²) in [5, 5.41) is 3.12. The first-order chi connectivity index (χ1) is 12.5. The monoisotopic (exact) mass is 390 g/mol. The molecular formula is C20H20Cl2N2O2. The van der Waals surface area contributed by atoms with E-state index >= 15 is 0 Å². The number of piperidine rings is 1. The van der Waals surface area contributed by atoms with Gasteiger partial charge in [-0.25, -0.2) is 0 Å². The average Bonchev–Trinajstić information content (AvgIpc) is 2.66. The van der Waals surface area contributed by atoms with Crippen molar-refractivity contribution in [3.8, 4) is 0 Å². The summed E-state index contributed by atoms with van der Waals surface area (Å²) in [5.74, 6) is -0.679. The Labute approximate surface area is 163 Å². The van der Waals surface area contributed by atoms with Gasteiger partial charge in [-0.05, 0) is 42.9 Å². The lowest BCUT2D eigenvalue weighted by atomic mass is 9.90. The largest absolute Gasteiger partial charge is 0.334 e. The molecule has 0 bridgehead atoms. The van der Waals surface area contributed by atoms with Crippen LogP contribution in [0.25, 0.3) is 0 Å². The third-order valence-electron chi connectivity index (χ3n) is 4.66. The summed E-state index contributed by atoms with van der Waals surface area (Å²) in [6.07, 6.45) is 2.80. The molecule has 0 saturated carbocycles. The molecule has 136 valence electrons. The minimum absolute atomic E-state index is 0.233. The number of hydrogen-bond acceptors (Lipinski definition) is 2. The van der Waals surface area contributed by atoms with E-state index in [1.165, 1.54) is 5.56 Å². The summed E-state index contributed by atoms with van der Waals surface area (Å²) in [7, 11) is 0. The number of rotatable bonds is 3. The van der Waals surface area contributed by atoms with Crippen LogP contribution in [-0.2, 0) is 16.0 Å². The Morgan fingerprint density at radius 3 is 2.38 bits per heavy atom. The predicted octanol–water partition coefficient (Wildman–Crippen LogP) is 4.41. The molecule has 2 aromatic carbocycles. The molecule has 1 fully saturated rings. The fourth-order valence-corrected chi connectivity index (χ4v) is 3.56. The molecule has 0 aromatic heterocycles. The van der Waals surface area contributed by atoms with Crippen LogP contribution in [0.4, 0.5) is 5.69 Å². The van der Waals surface area contributed by atoms with Crippen LogP contribution in [0.5, 0.6) is 0 Å². The first-order valence-electron chi connectivity index (χ1n) is 8.63. The number of amides is 2. The molecule has 2 aromatic rings. The zero-order chi connectivity index (χ0) is 18.5. The SMILES string of the molecule is O=C(Nc1cccc(Cl)c1Cl)C(=O)N1CCC(Cc2ccccc2)CC1. The highest BCUT2D eigenvalue weighted by molar-refractivity contribution is 6.45. The highest BCUT2D eigenvalue weighted by atomic mass is 35.5. The highest BCUT2D eigenvalue weighted by Gasteiger charge is 2.27. The number of nitrogens with zero attached hydrogens (tertiary/aromatic N) is 1. The summed E-state index contributed by atoms with van der Waals surface area (Å²) in [5.41, 5.74) is 1.65. The second kappa shape index (κ2) is 8.56. The topological polar surface area (TPSA) is 49.4 Å². The Hall–Kier alpha value is -2.04. The molecule has 0 unspecified atom stereocenters. The van der Waals surface area contributed by atoms with Gasteiger partial charge in [-0.15, -0.1) is 0 Å². The van der Waals surface area contributed by atoms with Crippen LogP contribution < -0.4 is 5.32 Å². The Balaban J connectivity index is 1.53. The van der Waals surface area contributed by atoms with E-state index in [-0.39, 0.29) is 5.02 Å². The third-order valence-corrected chi connectivity index (χ3v) is 5.48. The number of anilines is 1. The quantitative estimate of drug-likeness (QED) is 0.788. The Morgan fingerprint density at radius 1 is 1.00 bits per heavy atom. The van der Waals surface area contributed by atoms with E-state index in [1.54, 1.807) is 23.1 Å². The van der Waals surface area contributed by atoms with Gasteiger partial charge in [0.05, 0.1) is 15.7 Å². The molecule has 4 nitrogen and oxygen atoms in total. The lowest BCUT2D eigenvalue weighted by molar-refractivity contribution is -0.144. The first-order valence-corrected chi connectivity index (χ1v) is 9.38. The van der Waals surface area contributed by atoms with Crippen LogP contribution in [0.3, 0.4) is 0 Å². The number of benzene rings is 2. The van der Waals surface area contributed by atoms with Crippen LogP contribution in [0, 0.1) is 5.92 Å². The normalized spacial score (nSPS) is 14.9. The first kappa shape index (κ1) is 18.7. The van der Waals surface area contributed by atoms with Gasteiger partial charge in [0.1, 0.15) is 0 Å². The minimum Gasteiger partial charge on any atom is -0.334 e. The van der Waals surface area contributed by atoms with Crippen molar-refractivity contribution in [2.45, 2.75) is 19.3 Å².